The van der Waals surface area contributed by atoms with Crippen LogP contribution in [-0.4, -0.2) is 34.9 Å². The standard InChI is InChI=1S/C22H24N4O2/c1-16-13-19(21(27)26(2)15-17-9-5-4-6-10-17)25-22(24-16)23-14-18-11-7-8-12-20(18)28-3/h4-13H,14-15H2,1-3H3,(H,23,24,25). The lowest BCUT2D eigenvalue weighted by atomic mass is 10.2. The second-order valence-electron chi connectivity index (χ2n) is 6.53. The average Bonchev–Trinajstić information content (AvgIpc) is 2.72. The maximum absolute atomic E-state index is 12.8. The third kappa shape index (κ3) is 4.85. The summed E-state index contributed by atoms with van der Waals surface area (Å²) in [5.41, 5.74) is 3.16. The highest BCUT2D eigenvalue weighted by Gasteiger charge is 2.16. The Morgan fingerprint density at radius 3 is 2.54 bits per heavy atom. The maximum Gasteiger partial charge on any atom is 0.272 e. The van der Waals surface area contributed by atoms with Gasteiger partial charge in [-0.2, -0.15) is 0 Å². The minimum atomic E-state index is -0.144. The van der Waals surface area contributed by atoms with E-state index in [-0.39, 0.29) is 5.91 Å². The normalized spacial score (nSPS) is 10.4. The van der Waals surface area contributed by atoms with Crippen LogP contribution < -0.4 is 10.1 Å². The first-order valence-electron chi connectivity index (χ1n) is 9.07. The Kier molecular flexibility index (Phi) is 6.22. The largest absolute Gasteiger partial charge is 0.496 e. The van der Waals surface area contributed by atoms with Crippen LogP contribution in [-0.2, 0) is 13.1 Å². The van der Waals surface area contributed by atoms with Gasteiger partial charge < -0.3 is 15.0 Å². The predicted octanol–water partition coefficient (Wildman–Crippen LogP) is 3.68. The molecule has 0 spiro atoms. The number of carbonyl (C=O) groups is 1. The van der Waals surface area contributed by atoms with E-state index in [0.717, 1.165) is 22.6 Å². The molecule has 1 amide bonds. The topological polar surface area (TPSA) is 67.3 Å². The molecule has 3 rings (SSSR count). The first-order chi connectivity index (χ1) is 13.6. The number of aromatic nitrogens is 2. The van der Waals surface area contributed by atoms with E-state index in [9.17, 15) is 4.79 Å². The van der Waals surface area contributed by atoms with Crippen molar-refractivity contribution >= 4 is 11.9 Å². The van der Waals surface area contributed by atoms with E-state index in [1.165, 1.54) is 0 Å². The number of hydrogen-bond acceptors (Lipinski definition) is 5. The smallest absolute Gasteiger partial charge is 0.272 e. The molecule has 0 bridgehead atoms. The van der Waals surface area contributed by atoms with Crippen molar-refractivity contribution in [3.05, 3.63) is 83.2 Å². The van der Waals surface area contributed by atoms with Gasteiger partial charge in [0.1, 0.15) is 11.4 Å². The summed E-state index contributed by atoms with van der Waals surface area (Å²) in [7, 11) is 3.41. The van der Waals surface area contributed by atoms with Crippen molar-refractivity contribution in [1.29, 1.82) is 0 Å². The third-order valence-corrected chi connectivity index (χ3v) is 4.31. The van der Waals surface area contributed by atoms with Crippen LogP contribution in [0, 0.1) is 6.92 Å². The number of ether oxygens (including phenoxy) is 1. The van der Waals surface area contributed by atoms with E-state index in [4.69, 9.17) is 4.74 Å². The van der Waals surface area contributed by atoms with Crippen LogP contribution in [0.2, 0.25) is 0 Å². The quantitative estimate of drug-likeness (QED) is 0.681. The SMILES string of the molecule is COc1ccccc1CNc1nc(C)cc(C(=O)N(C)Cc2ccccc2)n1. The lowest BCUT2D eigenvalue weighted by Crippen LogP contribution is -2.27. The number of anilines is 1. The molecule has 2 aromatic carbocycles. The molecule has 0 fully saturated rings. The minimum absolute atomic E-state index is 0.144. The van der Waals surface area contributed by atoms with Crippen molar-refractivity contribution in [3.8, 4) is 5.75 Å². The Bertz CT molecular complexity index is 944. The fourth-order valence-electron chi connectivity index (χ4n) is 2.91. The molecule has 0 saturated carbocycles. The van der Waals surface area contributed by atoms with Gasteiger partial charge in [0, 0.05) is 31.4 Å². The summed E-state index contributed by atoms with van der Waals surface area (Å²) in [5, 5.41) is 3.19. The number of rotatable bonds is 7. The lowest BCUT2D eigenvalue weighted by Gasteiger charge is -2.17. The second-order valence-corrected chi connectivity index (χ2v) is 6.53. The number of hydrogen-bond donors (Lipinski definition) is 1. The Morgan fingerprint density at radius 1 is 1.07 bits per heavy atom. The number of aryl methyl sites for hydroxylation is 1. The number of amides is 1. The zero-order valence-electron chi connectivity index (χ0n) is 16.3. The van der Waals surface area contributed by atoms with Crippen LogP contribution >= 0.6 is 0 Å². The Hall–Kier alpha value is -3.41. The second kappa shape index (κ2) is 8.99. The van der Waals surface area contributed by atoms with Crippen molar-refractivity contribution in [3.63, 3.8) is 0 Å². The highest BCUT2D eigenvalue weighted by Crippen LogP contribution is 2.18. The molecule has 0 atom stereocenters. The molecule has 3 aromatic rings. The van der Waals surface area contributed by atoms with Crippen molar-refractivity contribution in [2.75, 3.05) is 19.5 Å². The van der Waals surface area contributed by atoms with Crippen molar-refractivity contribution in [2.45, 2.75) is 20.0 Å². The van der Waals surface area contributed by atoms with Crippen LogP contribution in [0.15, 0.2) is 60.7 Å². The van der Waals surface area contributed by atoms with Crippen LogP contribution in [0.3, 0.4) is 0 Å². The van der Waals surface area contributed by atoms with Gasteiger partial charge >= 0.3 is 0 Å². The third-order valence-electron chi connectivity index (χ3n) is 4.31. The van der Waals surface area contributed by atoms with Gasteiger partial charge in [-0.25, -0.2) is 9.97 Å². The van der Waals surface area contributed by atoms with Gasteiger partial charge in [-0.1, -0.05) is 48.5 Å². The van der Waals surface area contributed by atoms with Gasteiger partial charge in [0.15, 0.2) is 0 Å². The van der Waals surface area contributed by atoms with Crippen LogP contribution in [0.1, 0.15) is 27.3 Å². The molecule has 0 aliphatic carbocycles. The number of methoxy groups -OCH3 is 1. The van der Waals surface area contributed by atoms with Gasteiger partial charge in [0.2, 0.25) is 5.95 Å². The number of para-hydroxylation sites is 1. The highest BCUT2D eigenvalue weighted by atomic mass is 16.5. The number of nitrogens with zero attached hydrogens (tertiary/aromatic N) is 3. The summed E-state index contributed by atoms with van der Waals surface area (Å²) in [6, 6.07) is 19.3. The van der Waals surface area contributed by atoms with E-state index < -0.39 is 0 Å². The van der Waals surface area contributed by atoms with Gasteiger partial charge in [-0.05, 0) is 24.6 Å². The van der Waals surface area contributed by atoms with E-state index in [1.54, 1.807) is 25.1 Å². The van der Waals surface area contributed by atoms with Gasteiger partial charge in [-0.15, -0.1) is 0 Å². The summed E-state index contributed by atoms with van der Waals surface area (Å²) in [6.45, 7) is 2.87. The molecular weight excluding hydrogens is 352 g/mol. The van der Waals surface area contributed by atoms with Crippen LogP contribution in [0.4, 0.5) is 5.95 Å². The fourth-order valence-corrected chi connectivity index (χ4v) is 2.91. The minimum Gasteiger partial charge on any atom is -0.496 e. The number of carbonyl (C=O) groups excluding carboxylic acids is 1. The summed E-state index contributed by atoms with van der Waals surface area (Å²) in [4.78, 5) is 23.3. The summed E-state index contributed by atoms with van der Waals surface area (Å²) in [6.07, 6.45) is 0. The molecule has 1 aromatic heterocycles. The number of benzene rings is 2. The van der Waals surface area contributed by atoms with Crippen LogP contribution in [0.25, 0.3) is 0 Å². The zero-order chi connectivity index (χ0) is 19.9. The first-order valence-corrected chi connectivity index (χ1v) is 9.07. The summed E-state index contributed by atoms with van der Waals surface area (Å²) >= 11 is 0. The van der Waals surface area contributed by atoms with Crippen molar-refractivity contribution in [2.24, 2.45) is 0 Å². The Labute approximate surface area is 165 Å². The molecule has 6 heteroatoms. The molecule has 144 valence electrons. The maximum atomic E-state index is 12.8. The zero-order valence-corrected chi connectivity index (χ0v) is 16.3. The fraction of sp³-hybridized carbons (Fsp3) is 0.227. The predicted molar refractivity (Wildman–Crippen MR) is 109 cm³/mol. The molecule has 0 saturated heterocycles. The average molecular weight is 376 g/mol. The van der Waals surface area contributed by atoms with Crippen molar-refractivity contribution in [1.82, 2.24) is 14.9 Å². The first kappa shape index (κ1) is 19.4. The molecule has 1 heterocycles. The molecule has 0 aliphatic rings. The molecule has 6 nitrogen and oxygen atoms in total. The Balaban J connectivity index is 1.72. The Morgan fingerprint density at radius 2 is 1.79 bits per heavy atom. The molecule has 0 unspecified atom stereocenters. The highest BCUT2D eigenvalue weighted by molar-refractivity contribution is 5.92. The summed E-state index contributed by atoms with van der Waals surface area (Å²) < 4.78 is 5.37. The van der Waals surface area contributed by atoms with E-state index in [2.05, 4.69) is 15.3 Å². The monoisotopic (exact) mass is 376 g/mol. The van der Waals surface area contributed by atoms with E-state index in [1.807, 2.05) is 61.5 Å². The molecular formula is C22H24N4O2. The lowest BCUT2D eigenvalue weighted by molar-refractivity contribution is 0.0779. The van der Waals surface area contributed by atoms with Gasteiger partial charge in [-0.3, -0.25) is 4.79 Å². The van der Waals surface area contributed by atoms with Gasteiger partial charge in [0.05, 0.1) is 7.11 Å². The van der Waals surface area contributed by atoms with E-state index >= 15 is 0 Å². The van der Waals surface area contributed by atoms with Crippen molar-refractivity contribution < 1.29 is 9.53 Å². The molecule has 0 aliphatic heterocycles. The molecule has 1 N–H and O–H groups in total. The van der Waals surface area contributed by atoms with Gasteiger partial charge in [0.25, 0.3) is 5.91 Å². The summed E-state index contributed by atoms with van der Waals surface area (Å²) in [5.74, 6) is 1.07. The number of nitrogens with one attached hydrogen (secondary N) is 1. The molecule has 28 heavy (non-hydrogen) atoms. The van der Waals surface area contributed by atoms with Crippen LogP contribution in [0.5, 0.6) is 5.75 Å². The van der Waals surface area contributed by atoms with E-state index in [0.29, 0.717) is 24.7 Å². The molecule has 0 radical (unpaired) electrons.